The summed E-state index contributed by atoms with van der Waals surface area (Å²) in [7, 11) is -4.02. The van der Waals surface area contributed by atoms with Crippen molar-refractivity contribution in [2.75, 3.05) is 4.31 Å². The molecule has 0 unspecified atom stereocenters. The van der Waals surface area contributed by atoms with Gasteiger partial charge in [-0.25, -0.2) is 8.42 Å². The van der Waals surface area contributed by atoms with E-state index in [-0.39, 0.29) is 4.90 Å². The third-order valence-corrected chi connectivity index (χ3v) is 6.93. The van der Waals surface area contributed by atoms with Crippen LogP contribution in [0.5, 0.6) is 0 Å². The number of hydrogen-bond acceptors (Lipinski definition) is 4. The van der Waals surface area contributed by atoms with E-state index in [4.69, 9.17) is 0 Å². The van der Waals surface area contributed by atoms with E-state index in [0.29, 0.717) is 16.1 Å². The third-order valence-electron chi connectivity index (χ3n) is 3.88. The molecule has 3 aromatic carbocycles. The first-order chi connectivity index (χ1) is 12.1. The second-order valence-electron chi connectivity index (χ2n) is 5.46. The number of para-hydroxylation sites is 1. The Hall–Kier alpha value is -2.57. The van der Waals surface area contributed by atoms with Crippen LogP contribution in [-0.2, 0) is 10.0 Å². The predicted octanol–water partition coefficient (Wildman–Crippen LogP) is 4.19. The topological polar surface area (TPSA) is 54.5 Å². The second-order valence-corrected chi connectivity index (χ2v) is 8.29. The van der Waals surface area contributed by atoms with Gasteiger partial charge in [-0.3, -0.25) is 4.79 Å². The number of carbonyl (C=O) groups excluding carboxylic acids is 1. The highest BCUT2D eigenvalue weighted by molar-refractivity contribution is 8.01. The molecule has 0 bridgehead atoms. The molecule has 0 N–H and O–H groups in total. The summed E-state index contributed by atoms with van der Waals surface area (Å²) < 4.78 is 27.5. The molecule has 0 saturated carbocycles. The summed E-state index contributed by atoms with van der Waals surface area (Å²) in [6.45, 7) is 0. The maximum Gasteiger partial charge on any atom is 0.273 e. The summed E-state index contributed by atoms with van der Waals surface area (Å²) in [5.74, 6) is -0.552. The first-order valence-corrected chi connectivity index (χ1v) is 9.85. The largest absolute Gasteiger partial charge is 0.273 e. The fraction of sp³-hybridized carbons (Fsp3) is 0. The number of fused-ring (bicyclic) bond motifs is 2. The molecule has 0 spiro atoms. The molecular weight excluding hydrogens is 354 g/mol. The van der Waals surface area contributed by atoms with Crippen molar-refractivity contribution < 1.29 is 13.2 Å². The van der Waals surface area contributed by atoms with E-state index in [1.165, 1.54) is 17.8 Å². The lowest BCUT2D eigenvalue weighted by Crippen LogP contribution is -2.38. The van der Waals surface area contributed by atoms with E-state index in [1.54, 1.807) is 60.7 Å². The number of hydrogen-bond donors (Lipinski definition) is 0. The van der Waals surface area contributed by atoms with Crippen LogP contribution in [0.3, 0.4) is 0 Å². The maximum absolute atomic E-state index is 13.3. The van der Waals surface area contributed by atoms with Crippen LogP contribution in [0.4, 0.5) is 5.69 Å². The molecule has 0 saturated heterocycles. The maximum atomic E-state index is 13.3. The summed E-state index contributed by atoms with van der Waals surface area (Å²) in [5, 5.41) is 0. The van der Waals surface area contributed by atoms with Gasteiger partial charge in [-0.1, -0.05) is 54.2 Å². The van der Waals surface area contributed by atoms with Gasteiger partial charge in [0, 0.05) is 9.79 Å². The number of anilines is 1. The molecule has 0 fully saturated rings. The van der Waals surface area contributed by atoms with E-state index in [2.05, 4.69) is 0 Å². The van der Waals surface area contributed by atoms with Gasteiger partial charge >= 0.3 is 0 Å². The zero-order valence-electron chi connectivity index (χ0n) is 13.0. The SMILES string of the molecule is O=C1c2ccccc2Sc2ccccc2S(=O)(=O)N1c1ccccc1. The van der Waals surface area contributed by atoms with Gasteiger partial charge in [0.15, 0.2) is 0 Å². The monoisotopic (exact) mass is 367 g/mol. The van der Waals surface area contributed by atoms with E-state index >= 15 is 0 Å². The lowest BCUT2D eigenvalue weighted by Gasteiger charge is -2.26. The summed E-state index contributed by atoms with van der Waals surface area (Å²) in [6.07, 6.45) is 0. The Morgan fingerprint density at radius 1 is 0.720 bits per heavy atom. The van der Waals surface area contributed by atoms with Crippen molar-refractivity contribution in [1.82, 2.24) is 0 Å². The number of benzene rings is 3. The molecule has 3 aromatic rings. The predicted molar refractivity (Wildman–Crippen MR) is 97.4 cm³/mol. The van der Waals surface area contributed by atoms with Gasteiger partial charge < -0.3 is 0 Å². The van der Waals surface area contributed by atoms with Gasteiger partial charge in [0.05, 0.1) is 11.3 Å². The van der Waals surface area contributed by atoms with Gasteiger partial charge in [-0.15, -0.1) is 0 Å². The van der Waals surface area contributed by atoms with Crippen LogP contribution in [0.1, 0.15) is 10.4 Å². The number of sulfonamides is 1. The highest BCUT2D eigenvalue weighted by Crippen LogP contribution is 2.40. The molecule has 25 heavy (non-hydrogen) atoms. The van der Waals surface area contributed by atoms with Gasteiger partial charge in [-0.2, -0.15) is 4.31 Å². The molecule has 0 aliphatic carbocycles. The summed E-state index contributed by atoms with van der Waals surface area (Å²) >= 11 is 1.29. The van der Waals surface area contributed by atoms with E-state index in [0.717, 1.165) is 9.20 Å². The quantitative estimate of drug-likeness (QED) is 0.647. The molecular formula is C19H13NO3S2. The van der Waals surface area contributed by atoms with Crippen LogP contribution in [0.25, 0.3) is 0 Å². The first kappa shape index (κ1) is 15.9. The summed E-state index contributed by atoms with van der Waals surface area (Å²) in [6, 6.07) is 22.3. The van der Waals surface area contributed by atoms with Crippen LogP contribution < -0.4 is 4.31 Å². The molecule has 0 radical (unpaired) electrons. The molecule has 1 heterocycles. The van der Waals surface area contributed by atoms with Crippen molar-refractivity contribution in [1.29, 1.82) is 0 Å². The molecule has 4 rings (SSSR count). The van der Waals surface area contributed by atoms with Crippen LogP contribution in [0.2, 0.25) is 0 Å². The number of amides is 1. The molecule has 0 aromatic heterocycles. The third kappa shape index (κ3) is 2.63. The van der Waals surface area contributed by atoms with E-state index in [1.807, 2.05) is 12.1 Å². The fourth-order valence-corrected chi connectivity index (χ4v) is 5.63. The Bertz CT molecular complexity index is 1060. The number of carbonyl (C=O) groups is 1. The molecule has 124 valence electrons. The minimum atomic E-state index is -4.02. The molecule has 6 heteroatoms. The number of nitrogens with zero attached hydrogens (tertiary/aromatic N) is 1. The van der Waals surface area contributed by atoms with Gasteiger partial charge in [0.1, 0.15) is 4.90 Å². The lowest BCUT2D eigenvalue weighted by molar-refractivity contribution is 0.100. The molecule has 1 aliphatic heterocycles. The molecule has 0 atom stereocenters. The van der Waals surface area contributed by atoms with Crippen molar-refractivity contribution >= 4 is 33.4 Å². The average molecular weight is 367 g/mol. The van der Waals surface area contributed by atoms with Crippen molar-refractivity contribution in [2.24, 2.45) is 0 Å². The van der Waals surface area contributed by atoms with Gasteiger partial charge in [0.2, 0.25) is 0 Å². The normalized spacial score (nSPS) is 15.7. The Labute approximate surface area is 150 Å². The van der Waals surface area contributed by atoms with Crippen molar-refractivity contribution in [3.8, 4) is 0 Å². The highest BCUT2D eigenvalue weighted by Gasteiger charge is 2.36. The molecule has 1 aliphatic rings. The zero-order valence-corrected chi connectivity index (χ0v) is 14.6. The standard InChI is InChI=1S/C19H13NO3S2/c21-19-15-10-4-5-11-16(15)24-17-12-6-7-13-18(17)25(22,23)20(19)14-8-2-1-3-9-14/h1-13H. The van der Waals surface area contributed by atoms with Crippen molar-refractivity contribution in [3.63, 3.8) is 0 Å². The summed E-state index contributed by atoms with van der Waals surface area (Å²) in [4.78, 5) is 14.6. The first-order valence-electron chi connectivity index (χ1n) is 7.60. The molecule has 4 nitrogen and oxygen atoms in total. The van der Waals surface area contributed by atoms with Crippen LogP contribution in [0.15, 0.2) is 93.5 Å². The van der Waals surface area contributed by atoms with Crippen molar-refractivity contribution in [2.45, 2.75) is 14.7 Å². The van der Waals surface area contributed by atoms with Crippen LogP contribution >= 0.6 is 11.8 Å². The smallest absolute Gasteiger partial charge is 0.268 e. The molecule has 1 amide bonds. The Morgan fingerprint density at radius 3 is 2.08 bits per heavy atom. The average Bonchev–Trinajstić information content (AvgIpc) is 2.62. The van der Waals surface area contributed by atoms with Gasteiger partial charge in [0.25, 0.3) is 15.9 Å². The Morgan fingerprint density at radius 2 is 1.32 bits per heavy atom. The number of rotatable bonds is 1. The van der Waals surface area contributed by atoms with E-state index in [9.17, 15) is 13.2 Å². The summed E-state index contributed by atoms with van der Waals surface area (Å²) in [5.41, 5.74) is 0.693. The van der Waals surface area contributed by atoms with Crippen LogP contribution in [-0.4, -0.2) is 14.3 Å². The highest BCUT2D eigenvalue weighted by atomic mass is 32.2. The van der Waals surface area contributed by atoms with Crippen molar-refractivity contribution in [3.05, 3.63) is 84.4 Å². The zero-order chi connectivity index (χ0) is 17.4. The minimum absolute atomic E-state index is 0.131. The lowest BCUT2D eigenvalue weighted by atomic mass is 10.2. The second kappa shape index (κ2) is 6.06. The fourth-order valence-electron chi connectivity index (χ4n) is 2.73. The Kier molecular flexibility index (Phi) is 3.86. The van der Waals surface area contributed by atoms with Crippen LogP contribution in [0, 0.1) is 0 Å². The minimum Gasteiger partial charge on any atom is -0.268 e. The Balaban J connectivity index is 2.05. The van der Waals surface area contributed by atoms with E-state index < -0.39 is 15.9 Å². The van der Waals surface area contributed by atoms with Gasteiger partial charge in [-0.05, 0) is 36.4 Å².